The van der Waals surface area contributed by atoms with Gasteiger partial charge in [-0.2, -0.15) is 0 Å². The summed E-state index contributed by atoms with van der Waals surface area (Å²) in [5.74, 6) is 0.724. The number of hydrogen-bond acceptors (Lipinski definition) is 3. The van der Waals surface area contributed by atoms with E-state index in [1.807, 2.05) is 11.3 Å². The van der Waals surface area contributed by atoms with Crippen LogP contribution >= 0.6 is 11.3 Å². The molecule has 0 bridgehead atoms. The zero-order valence-corrected chi connectivity index (χ0v) is 13.8. The van der Waals surface area contributed by atoms with Gasteiger partial charge in [-0.1, -0.05) is 37.6 Å². The minimum Gasteiger partial charge on any atom is -0.312 e. The van der Waals surface area contributed by atoms with E-state index in [9.17, 15) is 0 Å². The summed E-state index contributed by atoms with van der Waals surface area (Å²) in [5.41, 5.74) is 3.98. The number of nitrogens with zero attached hydrogens (tertiary/aromatic N) is 1. The second-order valence-corrected chi connectivity index (χ2v) is 7.03. The third-order valence-electron chi connectivity index (χ3n) is 4.06. The Bertz CT molecular complexity index is 599. The fourth-order valence-corrected chi connectivity index (χ4v) is 3.81. The number of hydrogen-bond donors (Lipinski definition) is 1. The molecular weight excluding hydrogens is 276 g/mol. The van der Waals surface area contributed by atoms with Crippen LogP contribution in [0.25, 0.3) is 10.6 Å². The number of rotatable bonds is 7. The van der Waals surface area contributed by atoms with E-state index in [1.165, 1.54) is 52.4 Å². The summed E-state index contributed by atoms with van der Waals surface area (Å²) in [4.78, 5) is 6.43. The van der Waals surface area contributed by atoms with Crippen molar-refractivity contribution >= 4 is 11.3 Å². The van der Waals surface area contributed by atoms with E-state index in [1.54, 1.807) is 0 Å². The lowest BCUT2D eigenvalue weighted by Crippen LogP contribution is -2.14. The predicted octanol–water partition coefficient (Wildman–Crippen LogP) is 4.89. The average Bonchev–Trinajstić information content (AvgIpc) is 3.25. The van der Waals surface area contributed by atoms with Gasteiger partial charge in [0.25, 0.3) is 0 Å². The van der Waals surface area contributed by atoms with Crippen LogP contribution in [0.1, 0.15) is 54.7 Å². The molecule has 1 heterocycles. The maximum absolute atomic E-state index is 4.98. The lowest BCUT2D eigenvalue weighted by atomic mass is 10.1. The van der Waals surface area contributed by atoms with Gasteiger partial charge in [0, 0.05) is 22.9 Å². The number of thiazole rings is 1. The van der Waals surface area contributed by atoms with Crippen LogP contribution in [0.3, 0.4) is 0 Å². The molecule has 0 unspecified atom stereocenters. The molecule has 2 nitrogen and oxygen atoms in total. The Hall–Kier alpha value is -1.19. The first-order valence-corrected chi connectivity index (χ1v) is 8.87. The molecule has 2 aromatic rings. The van der Waals surface area contributed by atoms with Crippen LogP contribution in [0.5, 0.6) is 0 Å². The van der Waals surface area contributed by atoms with Crippen LogP contribution in [0.2, 0.25) is 0 Å². The van der Waals surface area contributed by atoms with Gasteiger partial charge in [0.05, 0.1) is 5.69 Å². The van der Waals surface area contributed by atoms with Crippen LogP contribution < -0.4 is 5.32 Å². The van der Waals surface area contributed by atoms with Crippen molar-refractivity contribution in [2.45, 2.75) is 52.0 Å². The Morgan fingerprint density at radius 2 is 2.10 bits per heavy atom. The second kappa shape index (κ2) is 6.71. The highest BCUT2D eigenvalue weighted by Crippen LogP contribution is 2.44. The van der Waals surface area contributed by atoms with Crippen LogP contribution in [0, 0.1) is 6.92 Å². The molecule has 0 spiro atoms. The molecule has 1 saturated carbocycles. The maximum Gasteiger partial charge on any atom is 0.124 e. The molecule has 3 heteroatoms. The summed E-state index contributed by atoms with van der Waals surface area (Å²) in [6.45, 7) is 6.50. The third kappa shape index (κ3) is 3.53. The molecule has 1 aliphatic rings. The van der Waals surface area contributed by atoms with Crippen molar-refractivity contribution in [3.8, 4) is 10.6 Å². The van der Waals surface area contributed by atoms with Gasteiger partial charge in [-0.15, -0.1) is 11.3 Å². The first-order chi connectivity index (χ1) is 10.3. The lowest BCUT2D eigenvalue weighted by Gasteiger charge is -2.03. The molecule has 3 rings (SSSR count). The fraction of sp³-hybridized carbons (Fsp3) is 0.500. The van der Waals surface area contributed by atoms with Crippen molar-refractivity contribution in [2.75, 3.05) is 6.54 Å². The summed E-state index contributed by atoms with van der Waals surface area (Å²) in [6.07, 6.45) is 5.14. The van der Waals surface area contributed by atoms with E-state index in [4.69, 9.17) is 4.98 Å². The zero-order chi connectivity index (χ0) is 14.7. The summed E-state index contributed by atoms with van der Waals surface area (Å²) < 4.78 is 0. The highest BCUT2D eigenvalue weighted by atomic mass is 32.1. The van der Waals surface area contributed by atoms with Crippen molar-refractivity contribution in [1.82, 2.24) is 10.3 Å². The molecule has 0 saturated heterocycles. The number of aryl methyl sites for hydroxylation is 1. The Balaban J connectivity index is 1.81. The molecule has 1 aromatic carbocycles. The molecule has 0 radical (unpaired) electrons. The van der Waals surface area contributed by atoms with Crippen LogP contribution in [-0.2, 0) is 6.54 Å². The van der Waals surface area contributed by atoms with Gasteiger partial charge < -0.3 is 5.32 Å². The maximum atomic E-state index is 4.98. The van der Waals surface area contributed by atoms with E-state index < -0.39 is 0 Å². The smallest absolute Gasteiger partial charge is 0.124 e. The molecule has 112 valence electrons. The number of nitrogens with one attached hydrogen (secondary N) is 1. The number of aromatic nitrogens is 1. The van der Waals surface area contributed by atoms with Gasteiger partial charge in [-0.05, 0) is 38.3 Å². The van der Waals surface area contributed by atoms with E-state index in [0.29, 0.717) is 0 Å². The van der Waals surface area contributed by atoms with Gasteiger partial charge in [0.2, 0.25) is 0 Å². The van der Waals surface area contributed by atoms with Crippen LogP contribution in [-0.4, -0.2) is 11.5 Å². The highest BCUT2D eigenvalue weighted by molar-refractivity contribution is 7.15. The Morgan fingerprint density at radius 1 is 1.29 bits per heavy atom. The minimum absolute atomic E-state index is 0.724. The largest absolute Gasteiger partial charge is 0.312 e. The summed E-state index contributed by atoms with van der Waals surface area (Å²) in [7, 11) is 0. The van der Waals surface area contributed by atoms with Gasteiger partial charge in [0.1, 0.15) is 5.01 Å². The molecule has 1 N–H and O–H groups in total. The average molecular weight is 300 g/mol. The van der Waals surface area contributed by atoms with Crippen molar-refractivity contribution in [3.05, 3.63) is 40.4 Å². The zero-order valence-electron chi connectivity index (χ0n) is 13.0. The second-order valence-electron chi connectivity index (χ2n) is 5.95. The minimum atomic E-state index is 0.724. The molecule has 0 amide bonds. The third-order valence-corrected chi connectivity index (χ3v) is 5.16. The van der Waals surface area contributed by atoms with E-state index in [0.717, 1.165) is 19.0 Å². The molecule has 1 aliphatic carbocycles. The number of unbranched alkanes of at least 4 members (excludes halogenated alkanes) is 1. The molecule has 1 fully saturated rings. The van der Waals surface area contributed by atoms with Gasteiger partial charge >= 0.3 is 0 Å². The quantitative estimate of drug-likeness (QED) is 0.737. The van der Waals surface area contributed by atoms with Crippen molar-refractivity contribution in [3.63, 3.8) is 0 Å². The first-order valence-electron chi connectivity index (χ1n) is 8.06. The Kier molecular flexibility index (Phi) is 4.71. The monoisotopic (exact) mass is 300 g/mol. The van der Waals surface area contributed by atoms with Gasteiger partial charge in [0.15, 0.2) is 0 Å². The molecule has 1 aromatic heterocycles. The van der Waals surface area contributed by atoms with E-state index in [2.05, 4.69) is 43.4 Å². The van der Waals surface area contributed by atoms with Gasteiger partial charge in [-0.25, -0.2) is 4.98 Å². The van der Waals surface area contributed by atoms with E-state index in [-0.39, 0.29) is 0 Å². The molecule has 0 atom stereocenters. The predicted molar refractivity (Wildman–Crippen MR) is 90.9 cm³/mol. The van der Waals surface area contributed by atoms with Crippen LogP contribution in [0.4, 0.5) is 0 Å². The molecule has 0 aliphatic heterocycles. The highest BCUT2D eigenvalue weighted by Gasteiger charge is 2.29. The summed E-state index contributed by atoms with van der Waals surface area (Å²) in [5, 5.41) is 4.77. The standard InChI is InChI=1S/C18H24N2S/c1-3-4-11-19-12-16-17(14-9-10-14)20-18(21-16)15-8-6-5-7-13(15)2/h5-8,14,19H,3-4,9-12H2,1-2H3. The molecule has 21 heavy (non-hydrogen) atoms. The summed E-state index contributed by atoms with van der Waals surface area (Å²) in [6, 6.07) is 8.58. The Morgan fingerprint density at radius 3 is 2.81 bits per heavy atom. The number of benzene rings is 1. The first kappa shape index (κ1) is 14.7. The van der Waals surface area contributed by atoms with Crippen molar-refractivity contribution in [2.24, 2.45) is 0 Å². The van der Waals surface area contributed by atoms with Crippen LogP contribution in [0.15, 0.2) is 24.3 Å². The normalized spacial score (nSPS) is 14.6. The molecular formula is C18H24N2S. The van der Waals surface area contributed by atoms with Gasteiger partial charge in [-0.3, -0.25) is 0 Å². The topological polar surface area (TPSA) is 24.9 Å². The van der Waals surface area contributed by atoms with Crippen molar-refractivity contribution in [1.29, 1.82) is 0 Å². The fourth-order valence-electron chi connectivity index (χ4n) is 2.60. The van der Waals surface area contributed by atoms with E-state index >= 15 is 0 Å². The lowest BCUT2D eigenvalue weighted by molar-refractivity contribution is 0.642. The SMILES string of the molecule is CCCCNCc1sc(-c2ccccc2C)nc1C1CC1. The Labute approximate surface area is 131 Å². The summed E-state index contributed by atoms with van der Waals surface area (Å²) >= 11 is 1.88. The van der Waals surface area contributed by atoms with Crippen molar-refractivity contribution < 1.29 is 0 Å².